The van der Waals surface area contributed by atoms with E-state index in [2.05, 4.69) is 5.32 Å². The van der Waals surface area contributed by atoms with E-state index in [1.54, 1.807) is 6.92 Å². The van der Waals surface area contributed by atoms with Crippen LogP contribution in [-0.4, -0.2) is 28.4 Å². The van der Waals surface area contributed by atoms with Crippen LogP contribution >= 0.6 is 0 Å². The molecule has 0 aromatic rings. The molecule has 0 aliphatic heterocycles. The van der Waals surface area contributed by atoms with Gasteiger partial charge in [0, 0.05) is 24.8 Å². The van der Waals surface area contributed by atoms with Gasteiger partial charge in [-0.25, -0.2) is 0 Å². The molecule has 2 amide bonds. The minimum atomic E-state index is -0.745. The fourth-order valence-electron chi connectivity index (χ4n) is 2.13. The zero-order chi connectivity index (χ0) is 19.7. The lowest BCUT2D eigenvalue weighted by atomic mass is 10.1. The Labute approximate surface area is 152 Å². The quantitative estimate of drug-likeness (QED) is 0.461. The molecule has 0 aliphatic rings. The van der Waals surface area contributed by atoms with Crippen molar-refractivity contribution >= 4 is 17.8 Å². The fourth-order valence-corrected chi connectivity index (χ4v) is 2.13. The van der Waals surface area contributed by atoms with Crippen LogP contribution in [0.15, 0.2) is 0 Å². The number of carbonyl (C=O) groups is 3. The first-order chi connectivity index (χ1) is 11.6. The molecule has 0 spiro atoms. The van der Waals surface area contributed by atoms with Crippen LogP contribution in [0.1, 0.15) is 98.3 Å². The van der Waals surface area contributed by atoms with Gasteiger partial charge in [0.25, 0.3) is 0 Å². The van der Waals surface area contributed by atoms with Crippen molar-refractivity contribution < 1.29 is 19.5 Å². The van der Waals surface area contributed by atoms with Crippen LogP contribution in [0, 0.1) is 0 Å². The highest BCUT2D eigenvalue weighted by Gasteiger charge is 2.12. The molecule has 25 heavy (non-hydrogen) atoms. The lowest BCUT2D eigenvalue weighted by Gasteiger charge is -2.20. The van der Waals surface area contributed by atoms with Crippen molar-refractivity contribution in [1.29, 1.82) is 0 Å². The topological polar surface area (TPSA) is 109 Å². The summed E-state index contributed by atoms with van der Waals surface area (Å²) in [7, 11) is 0. The van der Waals surface area contributed by atoms with Gasteiger partial charge in [0.1, 0.15) is 0 Å². The zero-order valence-corrected chi connectivity index (χ0v) is 16.5. The molecule has 6 nitrogen and oxygen atoms in total. The molecule has 148 valence electrons. The maximum absolute atomic E-state index is 11.6. The summed E-state index contributed by atoms with van der Waals surface area (Å²) in [5.74, 6) is -0.785. The van der Waals surface area contributed by atoms with Gasteiger partial charge >= 0.3 is 5.97 Å². The molecule has 0 heterocycles. The Morgan fingerprint density at radius 3 is 1.52 bits per heavy atom. The average molecular weight is 359 g/mol. The van der Waals surface area contributed by atoms with Crippen molar-refractivity contribution in [2.24, 2.45) is 5.73 Å². The van der Waals surface area contributed by atoms with E-state index in [-0.39, 0.29) is 23.8 Å². The first-order valence-corrected chi connectivity index (χ1v) is 9.39. The van der Waals surface area contributed by atoms with Gasteiger partial charge in [-0.3, -0.25) is 14.4 Å². The third kappa shape index (κ3) is 27.5. The highest BCUT2D eigenvalue weighted by molar-refractivity contribution is 5.76. The number of hydrogen-bond donors (Lipinski definition) is 3. The Balaban J connectivity index is 0. The van der Waals surface area contributed by atoms with Gasteiger partial charge in [0.15, 0.2) is 0 Å². The Hall–Kier alpha value is -1.59. The van der Waals surface area contributed by atoms with E-state index in [9.17, 15) is 14.4 Å². The zero-order valence-electron chi connectivity index (χ0n) is 16.5. The minimum absolute atomic E-state index is 0.123. The number of carbonyl (C=O) groups excluding carboxylic acids is 2. The second-order valence-corrected chi connectivity index (χ2v) is 7.34. The molecule has 0 saturated carbocycles. The molecule has 0 aliphatic carbocycles. The van der Waals surface area contributed by atoms with Crippen LogP contribution < -0.4 is 11.1 Å². The molecule has 0 rings (SSSR count). The Bertz CT molecular complexity index is 376. The third-order valence-corrected chi connectivity index (χ3v) is 3.39. The third-order valence-electron chi connectivity index (χ3n) is 3.39. The summed E-state index contributed by atoms with van der Waals surface area (Å²) in [5, 5.41) is 10.7. The van der Waals surface area contributed by atoms with Crippen molar-refractivity contribution in [2.45, 2.75) is 104 Å². The number of carboxylic acid groups (broad SMARTS) is 1. The number of primary amides is 1. The van der Waals surface area contributed by atoms with E-state index in [0.717, 1.165) is 25.7 Å². The first kappa shape index (κ1) is 25.6. The number of amides is 2. The second kappa shape index (κ2) is 15.9. The van der Waals surface area contributed by atoms with Gasteiger partial charge in [-0.15, -0.1) is 0 Å². The highest BCUT2D eigenvalue weighted by atomic mass is 16.4. The molecule has 0 aromatic heterocycles. The Morgan fingerprint density at radius 1 is 0.840 bits per heavy atom. The van der Waals surface area contributed by atoms with Crippen molar-refractivity contribution in [2.75, 3.05) is 0 Å². The van der Waals surface area contributed by atoms with Crippen LogP contribution in [0.4, 0.5) is 0 Å². The SMILES string of the molecule is CC(C)(C)NC(=O)CCCCCCCCCCC(N)=O.CCC(=O)O. The van der Waals surface area contributed by atoms with Crippen LogP contribution in [0.25, 0.3) is 0 Å². The lowest BCUT2D eigenvalue weighted by Crippen LogP contribution is -2.40. The molecule has 0 bridgehead atoms. The van der Waals surface area contributed by atoms with Crippen molar-refractivity contribution in [1.82, 2.24) is 5.32 Å². The number of aliphatic carboxylic acids is 1. The lowest BCUT2D eigenvalue weighted by molar-refractivity contribution is -0.136. The van der Waals surface area contributed by atoms with Crippen molar-refractivity contribution in [3.05, 3.63) is 0 Å². The summed E-state index contributed by atoms with van der Waals surface area (Å²) in [6.45, 7) is 7.61. The van der Waals surface area contributed by atoms with Crippen LogP contribution in [-0.2, 0) is 14.4 Å². The molecule has 0 saturated heterocycles. The summed E-state index contributed by atoms with van der Waals surface area (Å²) < 4.78 is 0. The smallest absolute Gasteiger partial charge is 0.303 e. The number of nitrogens with one attached hydrogen (secondary N) is 1. The number of hydrogen-bond acceptors (Lipinski definition) is 3. The van der Waals surface area contributed by atoms with Crippen LogP contribution in [0.5, 0.6) is 0 Å². The molecule has 0 radical (unpaired) electrons. The van der Waals surface area contributed by atoms with E-state index in [0.29, 0.717) is 12.8 Å². The van der Waals surface area contributed by atoms with Crippen molar-refractivity contribution in [3.63, 3.8) is 0 Å². The number of nitrogens with two attached hydrogens (primary N) is 1. The summed E-state index contributed by atoms with van der Waals surface area (Å²) in [5.41, 5.74) is 4.96. The number of unbranched alkanes of at least 4 members (excludes halogenated alkanes) is 7. The van der Waals surface area contributed by atoms with Gasteiger partial charge in [0.05, 0.1) is 0 Å². The van der Waals surface area contributed by atoms with Crippen LogP contribution in [0.2, 0.25) is 0 Å². The maximum atomic E-state index is 11.6. The predicted octanol–water partition coefficient (Wildman–Crippen LogP) is 3.77. The Morgan fingerprint density at radius 2 is 1.20 bits per heavy atom. The van der Waals surface area contributed by atoms with E-state index < -0.39 is 5.97 Å². The van der Waals surface area contributed by atoms with Gasteiger partial charge in [-0.2, -0.15) is 0 Å². The predicted molar refractivity (Wildman–Crippen MR) is 101 cm³/mol. The Kier molecular flexibility index (Phi) is 16.3. The molecule has 6 heteroatoms. The normalized spacial score (nSPS) is 10.6. The minimum Gasteiger partial charge on any atom is -0.481 e. The maximum Gasteiger partial charge on any atom is 0.303 e. The van der Waals surface area contributed by atoms with E-state index >= 15 is 0 Å². The average Bonchev–Trinajstić information content (AvgIpc) is 2.47. The van der Waals surface area contributed by atoms with E-state index in [1.165, 1.54) is 25.7 Å². The number of rotatable bonds is 12. The second-order valence-electron chi connectivity index (χ2n) is 7.34. The molecule has 4 N–H and O–H groups in total. The summed E-state index contributed by atoms with van der Waals surface area (Å²) in [6, 6.07) is 0. The standard InChI is InChI=1S/C16H32N2O2.C3H6O2/c1-16(2,3)18-15(20)13-11-9-7-5-4-6-8-10-12-14(17)19;1-2-3(4)5/h4-13H2,1-3H3,(H2,17,19)(H,18,20);2H2,1H3,(H,4,5). The summed E-state index contributed by atoms with van der Waals surface area (Å²) >= 11 is 0. The van der Waals surface area contributed by atoms with Gasteiger partial charge in [-0.1, -0.05) is 45.4 Å². The summed E-state index contributed by atoms with van der Waals surface area (Å²) in [4.78, 5) is 31.5. The monoisotopic (exact) mass is 358 g/mol. The molecule has 0 fully saturated rings. The van der Waals surface area contributed by atoms with E-state index in [4.69, 9.17) is 10.8 Å². The molecule has 0 aromatic carbocycles. The summed E-state index contributed by atoms with van der Waals surface area (Å²) in [6.07, 6.45) is 10.3. The highest BCUT2D eigenvalue weighted by Crippen LogP contribution is 2.11. The van der Waals surface area contributed by atoms with E-state index in [1.807, 2.05) is 20.8 Å². The van der Waals surface area contributed by atoms with Gasteiger partial charge in [-0.05, 0) is 33.6 Å². The number of carboxylic acids is 1. The van der Waals surface area contributed by atoms with Crippen LogP contribution in [0.3, 0.4) is 0 Å². The molecular weight excluding hydrogens is 320 g/mol. The fraction of sp³-hybridized carbons (Fsp3) is 0.842. The first-order valence-electron chi connectivity index (χ1n) is 9.39. The van der Waals surface area contributed by atoms with Crippen molar-refractivity contribution in [3.8, 4) is 0 Å². The molecule has 0 atom stereocenters. The molecular formula is C19H38N2O4. The van der Waals surface area contributed by atoms with Gasteiger partial charge < -0.3 is 16.2 Å². The largest absolute Gasteiger partial charge is 0.481 e. The molecule has 0 unspecified atom stereocenters. The van der Waals surface area contributed by atoms with Gasteiger partial charge in [0.2, 0.25) is 11.8 Å².